The predicted molar refractivity (Wildman–Crippen MR) is 66.6 cm³/mol. The molecule has 0 aromatic heterocycles. The van der Waals surface area contributed by atoms with Crippen molar-refractivity contribution in [2.24, 2.45) is 5.11 Å². The number of amides is 1. The van der Waals surface area contributed by atoms with Gasteiger partial charge in [-0.1, -0.05) is 35.4 Å². The lowest BCUT2D eigenvalue weighted by atomic mass is 10.0. The first-order valence-electron chi connectivity index (χ1n) is 5.48. The topological polar surface area (TPSA) is 94.9 Å². The maximum absolute atomic E-state index is 11.5. The number of hydrogen-bond donors (Lipinski definition) is 1. The predicted octanol–water partition coefficient (Wildman–Crippen LogP) is 2.13. The Hall–Kier alpha value is -2.33. The maximum Gasteiger partial charge on any atom is 0.226 e. The highest BCUT2D eigenvalue weighted by Crippen LogP contribution is 2.16. The molecule has 1 amide bonds. The SMILES string of the molecule is CC(=O)CC(NC(=O)CN=[N+]=[N-])c1ccccc1. The zero-order chi connectivity index (χ0) is 13.4. The average molecular weight is 246 g/mol. The standard InChI is InChI=1S/C12H14N4O2/c1-9(17)7-11(10-5-3-2-4-6-10)15-12(18)8-14-16-13/h2-6,11H,7-8H2,1H3,(H,15,18). The van der Waals surface area contributed by atoms with E-state index in [0.29, 0.717) is 0 Å². The molecular formula is C12H14N4O2. The van der Waals surface area contributed by atoms with Gasteiger partial charge in [-0.05, 0) is 18.0 Å². The molecule has 1 rings (SSSR count). The van der Waals surface area contributed by atoms with Gasteiger partial charge in [0.05, 0.1) is 6.04 Å². The van der Waals surface area contributed by atoms with Crippen molar-refractivity contribution in [2.75, 3.05) is 6.54 Å². The smallest absolute Gasteiger partial charge is 0.226 e. The Morgan fingerprint density at radius 1 is 1.39 bits per heavy atom. The number of nitrogens with zero attached hydrogens (tertiary/aromatic N) is 3. The fourth-order valence-corrected chi connectivity index (χ4v) is 1.56. The van der Waals surface area contributed by atoms with Gasteiger partial charge in [0, 0.05) is 11.3 Å². The van der Waals surface area contributed by atoms with E-state index in [9.17, 15) is 9.59 Å². The molecule has 0 radical (unpaired) electrons. The molecular weight excluding hydrogens is 232 g/mol. The number of benzene rings is 1. The summed E-state index contributed by atoms with van der Waals surface area (Å²) in [4.78, 5) is 25.2. The molecule has 0 aliphatic carbocycles. The number of nitrogens with one attached hydrogen (secondary N) is 1. The van der Waals surface area contributed by atoms with Crippen LogP contribution in [0, 0.1) is 0 Å². The summed E-state index contributed by atoms with van der Waals surface area (Å²) in [6.07, 6.45) is 0.214. The zero-order valence-corrected chi connectivity index (χ0v) is 10.0. The van der Waals surface area contributed by atoms with E-state index < -0.39 is 5.91 Å². The van der Waals surface area contributed by atoms with E-state index in [1.54, 1.807) is 0 Å². The number of Topliss-reactive ketones (excluding diaryl/α,β-unsaturated/α-hetero) is 1. The van der Waals surface area contributed by atoms with Crippen molar-refractivity contribution in [3.8, 4) is 0 Å². The van der Waals surface area contributed by atoms with Crippen molar-refractivity contribution in [3.63, 3.8) is 0 Å². The van der Waals surface area contributed by atoms with Crippen molar-refractivity contribution in [1.29, 1.82) is 0 Å². The fourth-order valence-electron chi connectivity index (χ4n) is 1.56. The lowest BCUT2D eigenvalue weighted by Gasteiger charge is -2.17. The highest BCUT2D eigenvalue weighted by Gasteiger charge is 2.15. The average Bonchev–Trinajstić information content (AvgIpc) is 2.36. The summed E-state index contributed by atoms with van der Waals surface area (Å²) >= 11 is 0. The van der Waals surface area contributed by atoms with Gasteiger partial charge in [-0.25, -0.2) is 0 Å². The molecule has 0 bridgehead atoms. The molecule has 0 heterocycles. The Labute approximate surface area is 105 Å². The molecule has 1 aromatic carbocycles. The Kier molecular flexibility index (Phi) is 5.41. The summed E-state index contributed by atoms with van der Waals surface area (Å²) in [6.45, 7) is 1.20. The molecule has 0 spiro atoms. The number of carbonyl (C=O) groups excluding carboxylic acids is 2. The number of azide groups is 1. The van der Waals surface area contributed by atoms with E-state index in [0.717, 1.165) is 5.56 Å². The Morgan fingerprint density at radius 2 is 2.06 bits per heavy atom. The molecule has 0 saturated carbocycles. The van der Waals surface area contributed by atoms with Crippen LogP contribution in [0.5, 0.6) is 0 Å². The van der Waals surface area contributed by atoms with Crippen molar-refractivity contribution in [2.45, 2.75) is 19.4 Å². The summed E-state index contributed by atoms with van der Waals surface area (Å²) in [5, 5.41) is 5.86. The van der Waals surface area contributed by atoms with E-state index in [-0.39, 0.29) is 24.8 Å². The molecule has 1 N–H and O–H groups in total. The molecule has 1 aromatic rings. The van der Waals surface area contributed by atoms with E-state index in [4.69, 9.17) is 5.53 Å². The first kappa shape index (κ1) is 13.7. The summed E-state index contributed by atoms with van der Waals surface area (Å²) in [7, 11) is 0. The van der Waals surface area contributed by atoms with Crippen LogP contribution in [0.3, 0.4) is 0 Å². The minimum Gasteiger partial charge on any atom is -0.349 e. The molecule has 18 heavy (non-hydrogen) atoms. The van der Waals surface area contributed by atoms with E-state index >= 15 is 0 Å². The molecule has 6 heteroatoms. The lowest BCUT2D eigenvalue weighted by Crippen LogP contribution is -2.31. The van der Waals surface area contributed by atoms with Crippen LogP contribution in [0.1, 0.15) is 24.9 Å². The van der Waals surface area contributed by atoms with Crippen molar-refractivity contribution < 1.29 is 9.59 Å². The van der Waals surface area contributed by atoms with Gasteiger partial charge in [-0.15, -0.1) is 0 Å². The molecule has 1 atom stereocenters. The Morgan fingerprint density at radius 3 is 2.61 bits per heavy atom. The van der Waals surface area contributed by atoms with Gasteiger partial charge < -0.3 is 5.32 Å². The monoisotopic (exact) mass is 246 g/mol. The summed E-state index contributed by atoms with van der Waals surface area (Å²) < 4.78 is 0. The molecule has 0 aliphatic heterocycles. The first-order valence-corrected chi connectivity index (χ1v) is 5.48. The van der Waals surface area contributed by atoms with E-state index in [1.807, 2.05) is 30.3 Å². The van der Waals surface area contributed by atoms with Gasteiger partial charge >= 0.3 is 0 Å². The molecule has 0 aliphatic rings. The van der Waals surface area contributed by atoms with Gasteiger partial charge in [-0.3, -0.25) is 9.59 Å². The second-order valence-corrected chi connectivity index (χ2v) is 3.83. The quantitative estimate of drug-likeness (QED) is 0.472. The second-order valence-electron chi connectivity index (χ2n) is 3.83. The number of rotatable bonds is 6. The van der Waals surface area contributed by atoms with Gasteiger partial charge in [0.1, 0.15) is 12.3 Å². The lowest BCUT2D eigenvalue weighted by molar-refractivity contribution is -0.121. The van der Waals surface area contributed by atoms with Crippen molar-refractivity contribution >= 4 is 11.7 Å². The number of hydrogen-bond acceptors (Lipinski definition) is 3. The number of carbonyl (C=O) groups is 2. The molecule has 1 unspecified atom stereocenters. The van der Waals surface area contributed by atoms with Crippen LogP contribution in [-0.2, 0) is 9.59 Å². The van der Waals surface area contributed by atoms with Gasteiger partial charge in [0.25, 0.3) is 0 Å². The number of ketones is 1. The van der Waals surface area contributed by atoms with Crippen molar-refractivity contribution in [1.82, 2.24) is 5.32 Å². The third kappa shape index (κ3) is 4.67. The normalized spacial score (nSPS) is 11.2. The minimum absolute atomic E-state index is 0.0204. The van der Waals surface area contributed by atoms with Gasteiger partial charge in [0.2, 0.25) is 5.91 Å². The fraction of sp³-hybridized carbons (Fsp3) is 0.333. The Balaban J connectivity index is 2.76. The van der Waals surface area contributed by atoms with Gasteiger partial charge in [-0.2, -0.15) is 0 Å². The van der Waals surface area contributed by atoms with Crippen LogP contribution >= 0.6 is 0 Å². The Bertz CT molecular complexity index is 466. The molecule has 6 nitrogen and oxygen atoms in total. The third-order valence-electron chi connectivity index (χ3n) is 2.31. The van der Waals surface area contributed by atoms with E-state index in [2.05, 4.69) is 15.3 Å². The first-order chi connectivity index (χ1) is 8.63. The van der Waals surface area contributed by atoms with Gasteiger partial charge in [0.15, 0.2) is 0 Å². The van der Waals surface area contributed by atoms with Crippen LogP contribution in [0.4, 0.5) is 0 Å². The molecule has 0 fully saturated rings. The maximum atomic E-state index is 11.5. The summed E-state index contributed by atoms with van der Waals surface area (Å²) in [6, 6.07) is 8.81. The summed E-state index contributed by atoms with van der Waals surface area (Å²) in [5.74, 6) is -0.421. The largest absolute Gasteiger partial charge is 0.349 e. The molecule has 0 saturated heterocycles. The van der Waals surface area contributed by atoms with Crippen LogP contribution in [0.15, 0.2) is 35.4 Å². The highest BCUT2D eigenvalue weighted by molar-refractivity contribution is 5.81. The third-order valence-corrected chi connectivity index (χ3v) is 2.31. The summed E-state index contributed by atoms with van der Waals surface area (Å²) in [5.41, 5.74) is 8.99. The second kappa shape index (κ2) is 7.09. The minimum atomic E-state index is -0.400. The zero-order valence-electron chi connectivity index (χ0n) is 10.0. The van der Waals surface area contributed by atoms with Crippen LogP contribution in [0.25, 0.3) is 10.4 Å². The van der Waals surface area contributed by atoms with Crippen LogP contribution < -0.4 is 5.32 Å². The van der Waals surface area contributed by atoms with E-state index in [1.165, 1.54) is 6.92 Å². The molecule has 94 valence electrons. The van der Waals surface area contributed by atoms with Crippen LogP contribution in [0.2, 0.25) is 0 Å². The van der Waals surface area contributed by atoms with Crippen LogP contribution in [-0.4, -0.2) is 18.2 Å². The van der Waals surface area contributed by atoms with Crippen molar-refractivity contribution in [3.05, 3.63) is 46.3 Å². The highest BCUT2D eigenvalue weighted by atomic mass is 16.2.